The van der Waals surface area contributed by atoms with Crippen molar-refractivity contribution < 1.29 is 8.78 Å². The lowest BCUT2D eigenvalue weighted by Crippen LogP contribution is -2.38. The summed E-state index contributed by atoms with van der Waals surface area (Å²) in [4.78, 5) is 0. The van der Waals surface area contributed by atoms with Crippen molar-refractivity contribution >= 4 is 0 Å². The zero-order valence-electron chi connectivity index (χ0n) is 11.4. The van der Waals surface area contributed by atoms with Gasteiger partial charge in [-0.25, -0.2) is 8.78 Å². The van der Waals surface area contributed by atoms with Crippen LogP contribution in [0.2, 0.25) is 0 Å². The van der Waals surface area contributed by atoms with Crippen molar-refractivity contribution in [3.8, 4) is 0 Å². The van der Waals surface area contributed by atoms with E-state index >= 15 is 0 Å². The second-order valence-corrected chi connectivity index (χ2v) is 4.97. The average molecular weight is 276 g/mol. The molecule has 0 amide bonds. The van der Waals surface area contributed by atoms with Crippen LogP contribution in [0.3, 0.4) is 0 Å². The monoisotopic (exact) mass is 276 g/mol. The maximum Gasteiger partial charge on any atom is 0.162 e. The van der Waals surface area contributed by atoms with Gasteiger partial charge in [-0.3, -0.25) is 11.3 Å². The summed E-state index contributed by atoms with van der Waals surface area (Å²) in [7, 11) is 0. The highest BCUT2D eigenvalue weighted by Gasteiger charge is 2.14. The number of hydrogen-bond donors (Lipinski definition) is 2. The predicted octanol–water partition coefficient (Wildman–Crippen LogP) is 2.89. The third-order valence-electron chi connectivity index (χ3n) is 3.30. The van der Waals surface area contributed by atoms with E-state index in [0.29, 0.717) is 18.4 Å². The number of nitrogens with two attached hydrogens (primary N) is 1. The van der Waals surface area contributed by atoms with Gasteiger partial charge in [-0.1, -0.05) is 42.0 Å². The molecule has 0 aliphatic rings. The van der Waals surface area contributed by atoms with Crippen LogP contribution in [0.1, 0.15) is 16.7 Å². The van der Waals surface area contributed by atoms with Crippen molar-refractivity contribution in [3.05, 3.63) is 70.8 Å². The van der Waals surface area contributed by atoms with Gasteiger partial charge >= 0.3 is 0 Å². The Morgan fingerprint density at radius 3 is 2.55 bits per heavy atom. The summed E-state index contributed by atoms with van der Waals surface area (Å²) < 4.78 is 26.8. The molecule has 0 aliphatic heterocycles. The van der Waals surface area contributed by atoms with Crippen molar-refractivity contribution in [2.45, 2.75) is 25.8 Å². The lowest BCUT2D eigenvalue weighted by molar-refractivity contribution is 0.474. The molecule has 2 nitrogen and oxygen atoms in total. The molecule has 0 heterocycles. The summed E-state index contributed by atoms with van der Waals surface area (Å²) in [6, 6.07) is 12.1. The van der Waals surface area contributed by atoms with E-state index < -0.39 is 11.6 Å². The molecule has 0 saturated carbocycles. The van der Waals surface area contributed by atoms with Crippen LogP contribution < -0.4 is 11.3 Å². The molecular formula is C16H18F2N2. The highest BCUT2D eigenvalue weighted by atomic mass is 19.2. The first kappa shape index (κ1) is 14.6. The van der Waals surface area contributed by atoms with E-state index in [1.54, 1.807) is 6.07 Å². The van der Waals surface area contributed by atoms with E-state index in [1.807, 2.05) is 25.1 Å². The second kappa shape index (κ2) is 6.59. The van der Waals surface area contributed by atoms with Crippen LogP contribution in [0.25, 0.3) is 0 Å². The Morgan fingerprint density at radius 2 is 1.85 bits per heavy atom. The van der Waals surface area contributed by atoms with Gasteiger partial charge in [0.05, 0.1) is 0 Å². The minimum atomic E-state index is -0.825. The molecule has 2 aromatic rings. The topological polar surface area (TPSA) is 38.0 Å². The van der Waals surface area contributed by atoms with Crippen LogP contribution in [0.4, 0.5) is 8.78 Å². The number of benzene rings is 2. The van der Waals surface area contributed by atoms with Gasteiger partial charge in [-0.2, -0.15) is 0 Å². The average Bonchev–Trinajstić information content (AvgIpc) is 2.43. The number of hydrogen-bond acceptors (Lipinski definition) is 2. The maximum atomic E-state index is 13.7. The number of aryl methyl sites for hydroxylation is 1. The van der Waals surface area contributed by atoms with Crippen molar-refractivity contribution in [2.75, 3.05) is 0 Å². The highest BCUT2D eigenvalue weighted by molar-refractivity contribution is 5.24. The van der Waals surface area contributed by atoms with Crippen LogP contribution >= 0.6 is 0 Å². The smallest absolute Gasteiger partial charge is 0.162 e. The van der Waals surface area contributed by atoms with Crippen LogP contribution in [-0.2, 0) is 12.8 Å². The Balaban J connectivity index is 2.11. The van der Waals surface area contributed by atoms with Crippen LogP contribution in [-0.4, -0.2) is 6.04 Å². The Hall–Kier alpha value is -1.78. The number of nitrogens with one attached hydrogen (secondary N) is 1. The molecule has 0 fully saturated rings. The van der Waals surface area contributed by atoms with Gasteiger partial charge in [-0.15, -0.1) is 0 Å². The summed E-state index contributed by atoms with van der Waals surface area (Å²) in [6.45, 7) is 2.01. The molecule has 0 bridgehead atoms. The number of hydrazine groups is 1. The van der Waals surface area contributed by atoms with E-state index in [9.17, 15) is 8.78 Å². The van der Waals surface area contributed by atoms with Crippen molar-refractivity contribution in [1.82, 2.24) is 5.43 Å². The summed E-state index contributed by atoms with van der Waals surface area (Å²) in [5.41, 5.74) is 5.29. The van der Waals surface area contributed by atoms with E-state index in [2.05, 4.69) is 11.5 Å². The van der Waals surface area contributed by atoms with Crippen molar-refractivity contribution in [1.29, 1.82) is 0 Å². The van der Waals surface area contributed by atoms with E-state index in [1.165, 1.54) is 6.07 Å². The fourth-order valence-electron chi connectivity index (χ4n) is 2.29. The summed E-state index contributed by atoms with van der Waals surface area (Å²) in [5.74, 6) is 3.91. The Bertz CT molecular complexity index is 584. The maximum absolute atomic E-state index is 13.7. The first-order chi connectivity index (χ1) is 9.60. The van der Waals surface area contributed by atoms with Gasteiger partial charge in [0, 0.05) is 6.04 Å². The zero-order valence-corrected chi connectivity index (χ0v) is 11.4. The third-order valence-corrected chi connectivity index (χ3v) is 3.30. The molecule has 2 rings (SSSR count). The van der Waals surface area contributed by atoms with Gasteiger partial charge in [0.1, 0.15) is 0 Å². The van der Waals surface area contributed by atoms with Crippen LogP contribution in [0, 0.1) is 18.6 Å². The standard InChI is InChI=1S/C16H18F2N2/c1-11-4-2-5-12(8-11)9-14(20-19)10-13-6-3-7-15(17)16(13)18/h2-8,14,20H,9-10,19H2,1H3. The van der Waals surface area contributed by atoms with E-state index in [0.717, 1.165) is 17.2 Å². The number of rotatable bonds is 5. The SMILES string of the molecule is Cc1cccc(CC(Cc2cccc(F)c2F)NN)c1. The fraction of sp³-hybridized carbons (Fsp3) is 0.250. The Kier molecular flexibility index (Phi) is 4.82. The van der Waals surface area contributed by atoms with Gasteiger partial charge in [0.15, 0.2) is 11.6 Å². The molecule has 0 radical (unpaired) electrons. The molecule has 20 heavy (non-hydrogen) atoms. The molecule has 2 aromatic carbocycles. The highest BCUT2D eigenvalue weighted by Crippen LogP contribution is 2.15. The van der Waals surface area contributed by atoms with Crippen molar-refractivity contribution in [2.24, 2.45) is 5.84 Å². The quantitative estimate of drug-likeness (QED) is 0.651. The van der Waals surface area contributed by atoms with E-state index in [4.69, 9.17) is 5.84 Å². The molecule has 0 aromatic heterocycles. The molecule has 106 valence electrons. The van der Waals surface area contributed by atoms with Crippen LogP contribution in [0.15, 0.2) is 42.5 Å². The van der Waals surface area contributed by atoms with Gasteiger partial charge in [-0.05, 0) is 37.0 Å². The lowest BCUT2D eigenvalue weighted by Gasteiger charge is -2.17. The lowest BCUT2D eigenvalue weighted by atomic mass is 9.98. The Labute approximate surface area is 117 Å². The largest absolute Gasteiger partial charge is 0.271 e. The zero-order chi connectivity index (χ0) is 14.5. The molecule has 4 heteroatoms. The summed E-state index contributed by atoms with van der Waals surface area (Å²) in [6.07, 6.45) is 1.00. The van der Waals surface area contributed by atoms with Gasteiger partial charge in [0.25, 0.3) is 0 Å². The van der Waals surface area contributed by atoms with E-state index in [-0.39, 0.29) is 6.04 Å². The normalized spacial score (nSPS) is 12.4. The minimum Gasteiger partial charge on any atom is -0.271 e. The minimum absolute atomic E-state index is 0.145. The van der Waals surface area contributed by atoms with Crippen LogP contribution in [0.5, 0.6) is 0 Å². The molecule has 1 unspecified atom stereocenters. The van der Waals surface area contributed by atoms with Crippen molar-refractivity contribution in [3.63, 3.8) is 0 Å². The molecule has 0 aliphatic carbocycles. The van der Waals surface area contributed by atoms with Gasteiger partial charge in [0.2, 0.25) is 0 Å². The number of halogens is 2. The molecule has 0 saturated heterocycles. The molecule has 1 atom stereocenters. The van der Waals surface area contributed by atoms with Gasteiger partial charge < -0.3 is 0 Å². The first-order valence-corrected chi connectivity index (χ1v) is 6.54. The fourth-order valence-corrected chi connectivity index (χ4v) is 2.29. The molecule has 0 spiro atoms. The third kappa shape index (κ3) is 3.62. The summed E-state index contributed by atoms with van der Waals surface area (Å²) >= 11 is 0. The molecular weight excluding hydrogens is 258 g/mol. The Morgan fingerprint density at radius 1 is 1.10 bits per heavy atom. The molecule has 3 N–H and O–H groups in total. The first-order valence-electron chi connectivity index (χ1n) is 6.54. The predicted molar refractivity (Wildman–Crippen MR) is 76.1 cm³/mol. The summed E-state index contributed by atoms with van der Waals surface area (Å²) in [5, 5.41) is 0. The second-order valence-electron chi connectivity index (χ2n) is 4.97.